The molecule has 0 radical (unpaired) electrons. The van der Waals surface area contributed by atoms with Crippen molar-refractivity contribution in [2.24, 2.45) is 0 Å². The SMILES string of the molecule is CCc1ccccc1C(C)(CC(F)(F)C(F)(F)C(F)(F)C(F)(F)C(F)(F)C(F)(F)C(F)(F)F)OC. The zero-order valence-corrected chi connectivity index (χ0v) is 17.8. The quantitative estimate of drug-likeness (QED) is 0.272. The molecule has 0 saturated heterocycles. The fraction of sp³-hybridized carbons (Fsp3) is 0.684. The molecule has 0 bridgehead atoms. The van der Waals surface area contributed by atoms with Crippen molar-refractivity contribution in [3.8, 4) is 0 Å². The van der Waals surface area contributed by atoms with Crippen molar-refractivity contribution in [3.63, 3.8) is 0 Å². The number of hydrogen-bond donors (Lipinski definition) is 0. The van der Waals surface area contributed by atoms with E-state index in [0.717, 1.165) is 6.07 Å². The van der Waals surface area contributed by atoms with Gasteiger partial charge in [-0.05, 0) is 24.5 Å². The molecular weight excluding hydrogens is 529 g/mol. The molecule has 0 aliphatic heterocycles. The van der Waals surface area contributed by atoms with Gasteiger partial charge < -0.3 is 4.74 Å². The van der Waals surface area contributed by atoms with Gasteiger partial charge in [0.25, 0.3) is 0 Å². The summed E-state index contributed by atoms with van der Waals surface area (Å²) in [7, 11) is 0.630. The molecule has 1 atom stereocenters. The highest BCUT2D eigenvalue weighted by Crippen LogP contribution is 2.63. The van der Waals surface area contributed by atoms with Crippen molar-refractivity contribution in [1.82, 2.24) is 0 Å². The van der Waals surface area contributed by atoms with E-state index in [-0.39, 0.29) is 17.5 Å². The van der Waals surface area contributed by atoms with Crippen molar-refractivity contribution in [2.75, 3.05) is 7.11 Å². The predicted molar refractivity (Wildman–Crippen MR) is 90.5 cm³/mol. The first-order chi connectivity index (χ1) is 15.3. The van der Waals surface area contributed by atoms with E-state index in [1.54, 1.807) is 0 Å². The van der Waals surface area contributed by atoms with E-state index in [0.29, 0.717) is 14.0 Å². The summed E-state index contributed by atoms with van der Waals surface area (Å²) in [5.74, 6) is -46.7. The van der Waals surface area contributed by atoms with Gasteiger partial charge in [-0.2, -0.15) is 65.9 Å². The molecule has 0 aromatic heterocycles. The second-order valence-electron chi connectivity index (χ2n) is 7.70. The van der Waals surface area contributed by atoms with Crippen LogP contribution in [0.15, 0.2) is 24.3 Å². The molecule has 0 aliphatic carbocycles. The van der Waals surface area contributed by atoms with Crippen molar-refractivity contribution in [1.29, 1.82) is 0 Å². The van der Waals surface area contributed by atoms with E-state index in [1.165, 1.54) is 25.1 Å². The molecule has 0 N–H and O–H groups in total. The fourth-order valence-corrected chi connectivity index (χ4v) is 3.16. The minimum Gasteiger partial charge on any atom is -0.374 e. The Labute approximate surface area is 188 Å². The van der Waals surface area contributed by atoms with Crippen LogP contribution >= 0.6 is 0 Å². The maximum atomic E-state index is 14.5. The molecule has 35 heavy (non-hydrogen) atoms. The zero-order chi connectivity index (χ0) is 28.1. The van der Waals surface area contributed by atoms with Crippen LogP contribution in [0.1, 0.15) is 31.4 Å². The largest absolute Gasteiger partial charge is 0.460 e. The van der Waals surface area contributed by atoms with Crippen LogP contribution in [0.5, 0.6) is 0 Å². The van der Waals surface area contributed by atoms with Crippen LogP contribution in [0.3, 0.4) is 0 Å². The first-order valence-electron chi connectivity index (χ1n) is 9.29. The molecule has 0 heterocycles. The van der Waals surface area contributed by atoms with Crippen LogP contribution in [0.2, 0.25) is 0 Å². The number of halogens is 15. The Hall–Kier alpha value is -1.87. The molecular formula is C19H17F15O. The van der Waals surface area contributed by atoms with E-state index < -0.39 is 53.7 Å². The third-order valence-electron chi connectivity index (χ3n) is 5.37. The standard InChI is InChI=1S/C19H17F15O/c1-4-10-7-5-6-8-11(10)12(2,35-3)9-13(20,21)14(22,23)15(24,25)16(26,27)17(28,29)18(30,31)19(32,33)34/h5-8H,4,9H2,1-3H3. The molecule has 1 aromatic rings. The third kappa shape index (κ3) is 4.54. The van der Waals surface area contributed by atoms with Gasteiger partial charge in [-0.15, -0.1) is 0 Å². The second kappa shape index (κ2) is 8.91. The molecule has 0 saturated carbocycles. The minimum absolute atomic E-state index is 0.0318. The van der Waals surface area contributed by atoms with Gasteiger partial charge in [0.15, 0.2) is 0 Å². The summed E-state index contributed by atoms with van der Waals surface area (Å²) >= 11 is 0. The van der Waals surface area contributed by atoms with Gasteiger partial charge >= 0.3 is 41.7 Å². The number of benzene rings is 1. The summed E-state index contributed by atoms with van der Waals surface area (Å²) in [6.45, 7) is 2.08. The predicted octanol–water partition coefficient (Wildman–Crippen LogP) is 7.87. The molecule has 0 aliphatic rings. The monoisotopic (exact) mass is 546 g/mol. The molecule has 0 fully saturated rings. The Morgan fingerprint density at radius 1 is 0.629 bits per heavy atom. The number of rotatable bonds is 10. The van der Waals surface area contributed by atoms with Gasteiger partial charge in [0.05, 0.1) is 12.0 Å². The summed E-state index contributed by atoms with van der Waals surface area (Å²) in [5, 5.41) is 0. The number of hydrogen-bond acceptors (Lipinski definition) is 1. The Bertz CT molecular complexity index is 890. The second-order valence-corrected chi connectivity index (χ2v) is 7.70. The van der Waals surface area contributed by atoms with Crippen LogP contribution < -0.4 is 0 Å². The number of alkyl halides is 15. The van der Waals surface area contributed by atoms with E-state index >= 15 is 0 Å². The summed E-state index contributed by atoms with van der Waals surface area (Å²) in [4.78, 5) is 0. The topological polar surface area (TPSA) is 9.23 Å². The molecule has 204 valence electrons. The van der Waals surface area contributed by atoms with E-state index in [9.17, 15) is 65.9 Å². The Balaban J connectivity index is 3.64. The minimum atomic E-state index is -8.31. The smallest absolute Gasteiger partial charge is 0.374 e. The Kier molecular flexibility index (Phi) is 7.93. The molecule has 1 unspecified atom stereocenters. The first-order valence-corrected chi connectivity index (χ1v) is 9.29. The molecule has 0 spiro atoms. The lowest BCUT2D eigenvalue weighted by atomic mass is 9.81. The van der Waals surface area contributed by atoms with Crippen LogP contribution in [0.4, 0.5) is 65.9 Å². The van der Waals surface area contributed by atoms with E-state index in [2.05, 4.69) is 0 Å². The lowest BCUT2D eigenvalue weighted by Crippen LogP contribution is -2.72. The average Bonchev–Trinajstić information content (AvgIpc) is 2.71. The molecule has 1 aromatic carbocycles. The summed E-state index contributed by atoms with van der Waals surface area (Å²) in [5.41, 5.74) is -2.86. The van der Waals surface area contributed by atoms with Gasteiger partial charge in [-0.1, -0.05) is 31.2 Å². The third-order valence-corrected chi connectivity index (χ3v) is 5.37. The Morgan fingerprint density at radius 2 is 1.03 bits per heavy atom. The molecule has 1 rings (SSSR count). The van der Waals surface area contributed by atoms with E-state index in [1.807, 2.05) is 0 Å². The van der Waals surface area contributed by atoms with Gasteiger partial charge in [0.2, 0.25) is 0 Å². The number of ether oxygens (including phenoxy) is 1. The van der Waals surface area contributed by atoms with Crippen molar-refractivity contribution in [2.45, 2.75) is 74.0 Å². The molecule has 0 amide bonds. The fourth-order valence-electron chi connectivity index (χ4n) is 3.16. The van der Waals surface area contributed by atoms with Gasteiger partial charge in [0, 0.05) is 7.11 Å². The summed E-state index contributed by atoms with van der Waals surface area (Å²) in [6, 6.07) is 4.81. The maximum absolute atomic E-state index is 14.5. The number of aryl methyl sites for hydroxylation is 1. The van der Waals surface area contributed by atoms with Crippen molar-refractivity contribution >= 4 is 0 Å². The summed E-state index contributed by atoms with van der Waals surface area (Å²) < 4.78 is 206. The highest BCUT2D eigenvalue weighted by molar-refractivity contribution is 5.33. The zero-order valence-electron chi connectivity index (χ0n) is 17.8. The van der Waals surface area contributed by atoms with Crippen molar-refractivity contribution in [3.05, 3.63) is 35.4 Å². The van der Waals surface area contributed by atoms with Crippen molar-refractivity contribution < 1.29 is 70.6 Å². The highest BCUT2D eigenvalue weighted by Gasteiger charge is 2.93. The summed E-state index contributed by atoms with van der Waals surface area (Å²) in [6.07, 6.45) is -10.2. The van der Waals surface area contributed by atoms with Crippen LogP contribution in [-0.4, -0.2) is 48.8 Å². The van der Waals surface area contributed by atoms with Gasteiger partial charge in [-0.3, -0.25) is 0 Å². The van der Waals surface area contributed by atoms with Crippen LogP contribution in [0, 0.1) is 0 Å². The molecule has 16 heteroatoms. The lowest BCUT2D eigenvalue weighted by Gasteiger charge is -2.43. The first kappa shape index (κ1) is 31.2. The lowest BCUT2D eigenvalue weighted by molar-refractivity contribution is -0.453. The van der Waals surface area contributed by atoms with Gasteiger partial charge in [0.1, 0.15) is 0 Å². The van der Waals surface area contributed by atoms with E-state index in [4.69, 9.17) is 4.74 Å². The highest BCUT2D eigenvalue weighted by atomic mass is 19.4. The number of methoxy groups -OCH3 is 1. The van der Waals surface area contributed by atoms with Gasteiger partial charge in [-0.25, -0.2) is 0 Å². The van der Waals surface area contributed by atoms with Crippen LogP contribution in [-0.2, 0) is 16.8 Å². The molecule has 1 nitrogen and oxygen atoms in total. The average molecular weight is 546 g/mol. The normalized spacial score (nSPS) is 16.9. The van der Waals surface area contributed by atoms with Crippen LogP contribution in [0.25, 0.3) is 0 Å². The Morgan fingerprint density at radius 3 is 1.43 bits per heavy atom. The maximum Gasteiger partial charge on any atom is 0.460 e.